The predicted octanol–water partition coefficient (Wildman–Crippen LogP) is 8.21. The van der Waals surface area contributed by atoms with Crippen molar-refractivity contribution in [3.05, 3.63) is 65.9 Å². The summed E-state index contributed by atoms with van der Waals surface area (Å²) >= 11 is 0. The fourth-order valence-corrected chi connectivity index (χ4v) is 4.25. The van der Waals surface area contributed by atoms with Crippen molar-refractivity contribution in [1.29, 1.82) is 0 Å². The summed E-state index contributed by atoms with van der Waals surface area (Å²) in [5, 5.41) is 5.81. The lowest BCUT2D eigenvalue weighted by Gasteiger charge is -2.22. The molecule has 0 aliphatic heterocycles. The Morgan fingerprint density at radius 3 is 2.23 bits per heavy atom. The molecule has 5 nitrogen and oxygen atoms in total. The van der Waals surface area contributed by atoms with E-state index in [4.69, 9.17) is 4.74 Å². The van der Waals surface area contributed by atoms with E-state index in [0.29, 0.717) is 24.0 Å². The summed E-state index contributed by atoms with van der Waals surface area (Å²) in [6.07, 6.45) is 4.40. The van der Waals surface area contributed by atoms with Gasteiger partial charge in [-0.2, -0.15) is 18.2 Å². The molecule has 0 unspecified atom stereocenters. The standard InChI is InChI=1S/C27H31F3N4O/c1-2-3-17-35-23-15-13-21(14-16-23)32-25-24(27(28,29)30)18-31-26(34-25)33-22-11-9-20(10-12-22)19-7-5-4-6-8-19/h9-16,18-19H,2-8,17H2,1H3,(H2,31,32,33,34). The number of nitrogens with one attached hydrogen (secondary N) is 2. The molecule has 0 amide bonds. The van der Waals surface area contributed by atoms with Crippen molar-refractivity contribution in [3.8, 4) is 5.75 Å². The lowest BCUT2D eigenvalue weighted by atomic mass is 9.84. The smallest absolute Gasteiger partial charge is 0.421 e. The van der Waals surface area contributed by atoms with Crippen LogP contribution < -0.4 is 15.4 Å². The number of benzene rings is 2. The van der Waals surface area contributed by atoms with Crippen molar-refractivity contribution in [1.82, 2.24) is 9.97 Å². The van der Waals surface area contributed by atoms with Crippen molar-refractivity contribution in [3.63, 3.8) is 0 Å². The highest BCUT2D eigenvalue weighted by atomic mass is 19.4. The molecule has 0 radical (unpaired) electrons. The first-order valence-corrected chi connectivity index (χ1v) is 12.2. The molecular formula is C27H31F3N4O. The van der Waals surface area contributed by atoms with E-state index in [1.54, 1.807) is 24.3 Å². The van der Waals surface area contributed by atoms with Crippen LogP contribution in [0.5, 0.6) is 5.75 Å². The summed E-state index contributed by atoms with van der Waals surface area (Å²) in [5.41, 5.74) is 1.57. The Morgan fingerprint density at radius 1 is 0.914 bits per heavy atom. The molecule has 0 atom stereocenters. The van der Waals surface area contributed by atoms with Gasteiger partial charge in [0.05, 0.1) is 6.61 Å². The van der Waals surface area contributed by atoms with E-state index in [0.717, 1.165) is 24.7 Å². The Bertz CT molecular complexity index is 1080. The monoisotopic (exact) mass is 484 g/mol. The average Bonchev–Trinajstić information content (AvgIpc) is 2.86. The maximum atomic E-state index is 13.6. The van der Waals surface area contributed by atoms with E-state index in [2.05, 4.69) is 39.7 Å². The Morgan fingerprint density at radius 2 is 1.57 bits per heavy atom. The number of unbranched alkanes of at least 4 members (excludes halogenated alkanes) is 1. The lowest BCUT2D eigenvalue weighted by Crippen LogP contribution is -2.12. The molecule has 1 aliphatic rings. The molecule has 3 aromatic rings. The zero-order valence-corrected chi connectivity index (χ0v) is 19.9. The van der Waals surface area contributed by atoms with E-state index in [9.17, 15) is 13.2 Å². The number of anilines is 4. The second-order valence-corrected chi connectivity index (χ2v) is 8.89. The minimum absolute atomic E-state index is 0.0884. The van der Waals surface area contributed by atoms with Crippen LogP contribution in [0.1, 0.15) is 68.9 Å². The summed E-state index contributed by atoms with van der Waals surface area (Å²) in [5.74, 6) is 1.03. The highest BCUT2D eigenvalue weighted by Crippen LogP contribution is 2.36. The molecule has 1 saturated carbocycles. The molecule has 0 bridgehead atoms. The number of halogens is 3. The number of rotatable bonds is 9. The third kappa shape index (κ3) is 6.87. The van der Waals surface area contributed by atoms with Gasteiger partial charge in [-0.3, -0.25) is 0 Å². The number of ether oxygens (including phenoxy) is 1. The second-order valence-electron chi connectivity index (χ2n) is 8.89. The molecule has 1 aromatic heterocycles. The van der Waals surface area contributed by atoms with Crippen LogP contribution in [0.3, 0.4) is 0 Å². The fraction of sp³-hybridized carbons (Fsp3) is 0.407. The number of hydrogen-bond donors (Lipinski definition) is 2. The third-order valence-corrected chi connectivity index (χ3v) is 6.22. The molecule has 1 aliphatic carbocycles. The lowest BCUT2D eigenvalue weighted by molar-refractivity contribution is -0.137. The molecule has 1 fully saturated rings. The van der Waals surface area contributed by atoms with E-state index in [-0.39, 0.29) is 11.8 Å². The molecule has 0 saturated heterocycles. The number of nitrogens with zero attached hydrogens (tertiary/aromatic N) is 2. The van der Waals surface area contributed by atoms with Gasteiger partial charge in [0.1, 0.15) is 17.1 Å². The largest absolute Gasteiger partial charge is 0.494 e. The molecule has 2 aromatic carbocycles. The first-order valence-electron chi connectivity index (χ1n) is 12.2. The van der Waals surface area contributed by atoms with Gasteiger partial charge in [-0.05, 0) is 67.1 Å². The quantitative estimate of drug-likeness (QED) is 0.300. The van der Waals surface area contributed by atoms with Gasteiger partial charge >= 0.3 is 6.18 Å². The number of hydrogen-bond acceptors (Lipinski definition) is 5. The summed E-state index contributed by atoms with van der Waals surface area (Å²) in [7, 11) is 0. The van der Waals surface area contributed by atoms with E-state index in [1.807, 2.05) is 12.1 Å². The van der Waals surface area contributed by atoms with Crippen molar-refractivity contribution in [2.24, 2.45) is 0 Å². The van der Waals surface area contributed by atoms with Crippen molar-refractivity contribution in [2.75, 3.05) is 17.2 Å². The van der Waals surface area contributed by atoms with Gasteiger partial charge in [0, 0.05) is 17.6 Å². The van der Waals surface area contributed by atoms with Crippen LogP contribution in [0.2, 0.25) is 0 Å². The normalized spacial score (nSPS) is 14.5. The molecule has 2 N–H and O–H groups in total. The first-order chi connectivity index (χ1) is 16.9. The summed E-state index contributed by atoms with van der Waals surface area (Å²) in [6, 6.07) is 14.8. The minimum Gasteiger partial charge on any atom is -0.494 e. The molecule has 35 heavy (non-hydrogen) atoms. The van der Waals surface area contributed by atoms with Crippen LogP contribution in [-0.2, 0) is 6.18 Å². The van der Waals surface area contributed by atoms with Gasteiger partial charge in [-0.1, -0.05) is 44.7 Å². The molecule has 4 rings (SSSR count). The van der Waals surface area contributed by atoms with Crippen molar-refractivity contribution < 1.29 is 17.9 Å². The third-order valence-electron chi connectivity index (χ3n) is 6.22. The van der Waals surface area contributed by atoms with Crippen LogP contribution in [0.25, 0.3) is 0 Å². The van der Waals surface area contributed by atoms with E-state index >= 15 is 0 Å². The molecule has 1 heterocycles. The zero-order chi connectivity index (χ0) is 24.7. The Kier molecular flexibility index (Phi) is 8.10. The second kappa shape index (κ2) is 11.4. The highest BCUT2D eigenvalue weighted by Gasteiger charge is 2.35. The molecule has 0 spiro atoms. The molecule has 8 heteroatoms. The van der Waals surface area contributed by atoms with E-state index < -0.39 is 11.7 Å². The molecule has 186 valence electrons. The summed E-state index contributed by atoms with van der Waals surface area (Å²) in [6.45, 7) is 2.68. The number of alkyl halides is 3. The van der Waals surface area contributed by atoms with Gasteiger partial charge in [-0.15, -0.1) is 0 Å². The Balaban J connectivity index is 1.48. The minimum atomic E-state index is -4.59. The van der Waals surface area contributed by atoms with Gasteiger partial charge in [0.2, 0.25) is 5.95 Å². The average molecular weight is 485 g/mol. The highest BCUT2D eigenvalue weighted by molar-refractivity contribution is 5.63. The van der Waals surface area contributed by atoms with Crippen molar-refractivity contribution >= 4 is 23.1 Å². The van der Waals surface area contributed by atoms with Gasteiger partial charge in [0.25, 0.3) is 0 Å². The number of aromatic nitrogens is 2. The zero-order valence-electron chi connectivity index (χ0n) is 19.9. The maximum absolute atomic E-state index is 13.6. The van der Waals surface area contributed by atoms with Crippen LogP contribution in [0.4, 0.5) is 36.3 Å². The Hall–Kier alpha value is -3.29. The SMILES string of the molecule is CCCCOc1ccc(Nc2nc(Nc3ccc(C4CCCCC4)cc3)ncc2C(F)(F)F)cc1. The van der Waals surface area contributed by atoms with Crippen LogP contribution >= 0.6 is 0 Å². The first kappa shape index (κ1) is 24.8. The van der Waals surface area contributed by atoms with Gasteiger partial charge in [-0.25, -0.2) is 4.98 Å². The van der Waals surface area contributed by atoms with Gasteiger partial charge in [0.15, 0.2) is 0 Å². The fourth-order valence-electron chi connectivity index (χ4n) is 4.25. The maximum Gasteiger partial charge on any atom is 0.421 e. The topological polar surface area (TPSA) is 59.1 Å². The predicted molar refractivity (Wildman–Crippen MR) is 133 cm³/mol. The van der Waals surface area contributed by atoms with Crippen LogP contribution in [0.15, 0.2) is 54.7 Å². The summed E-state index contributed by atoms with van der Waals surface area (Å²) < 4.78 is 46.4. The van der Waals surface area contributed by atoms with Gasteiger partial charge < -0.3 is 15.4 Å². The summed E-state index contributed by atoms with van der Waals surface area (Å²) in [4.78, 5) is 8.05. The Labute approximate surface area is 204 Å². The molecular weight excluding hydrogens is 453 g/mol. The van der Waals surface area contributed by atoms with Crippen LogP contribution in [-0.4, -0.2) is 16.6 Å². The van der Waals surface area contributed by atoms with Crippen molar-refractivity contribution in [2.45, 2.75) is 64.0 Å². The van der Waals surface area contributed by atoms with Crippen LogP contribution in [0, 0.1) is 0 Å². The van der Waals surface area contributed by atoms with E-state index in [1.165, 1.54) is 37.7 Å².